The van der Waals surface area contributed by atoms with Gasteiger partial charge in [-0.25, -0.2) is 4.99 Å². The molecule has 9 aromatic carbocycles. The number of hydrogen-bond acceptors (Lipinski definition) is 3. The summed E-state index contributed by atoms with van der Waals surface area (Å²) in [5.74, 6) is 0.869. The summed E-state index contributed by atoms with van der Waals surface area (Å²) in [5.41, 5.74) is 12.2. The summed E-state index contributed by atoms with van der Waals surface area (Å²) in [6.07, 6.45) is -0.342. The fourth-order valence-electron chi connectivity index (χ4n) is 8.67. The molecule has 2 unspecified atom stereocenters. The number of hydrogen-bond donors (Lipinski definition) is 2. The molecule has 1 aliphatic heterocycles. The molecule has 0 radical (unpaired) electrons. The van der Waals surface area contributed by atoms with Gasteiger partial charge in [-0.05, 0) is 85.3 Å². The van der Waals surface area contributed by atoms with Gasteiger partial charge in [0, 0.05) is 27.5 Å². The number of nitrogens with one attached hydrogen (secondary N) is 1. The van der Waals surface area contributed by atoms with Gasteiger partial charge < -0.3 is 9.73 Å². The SMILES string of the molecule is c1ccc(C2=NC(c3cc(-c4ccc(-c5ccccc5)c5ccccc45)c4c(c3)oc3ccccc34)[NH2+]C(c3cccc(-c4ccc5ccccc5c4)c3)N2)cc1. The molecule has 3 N–H and O–H groups in total. The zero-order chi connectivity index (χ0) is 37.7. The molecule has 0 bridgehead atoms. The summed E-state index contributed by atoms with van der Waals surface area (Å²) in [4.78, 5) is 5.43. The maximum atomic E-state index is 6.69. The Hall–Kier alpha value is -7.27. The summed E-state index contributed by atoms with van der Waals surface area (Å²) in [6.45, 7) is 0. The van der Waals surface area contributed by atoms with Crippen LogP contribution in [0.15, 0.2) is 210 Å². The van der Waals surface area contributed by atoms with Gasteiger partial charge in [0.15, 0.2) is 6.17 Å². The average Bonchev–Trinajstić information content (AvgIpc) is 3.67. The first-order chi connectivity index (χ1) is 28.2. The quantitative estimate of drug-likeness (QED) is 0.179. The third-order valence-electron chi connectivity index (χ3n) is 11.5. The third-order valence-corrected chi connectivity index (χ3v) is 11.5. The van der Waals surface area contributed by atoms with Crippen molar-refractivity contribution in [2.75, 3.05) is 0 Å². The Morgan fingerprint density at radius 2 is 1.07 bits per heavy atom. The first-order valence-electron chi connectivity index (χ1n) is 19.6. The Balaban J connectivity index is 1.07. The van der Waals surface area contributed by atoms with Crippen molar-refractivity contribution >= 4 is 49.3 Å². The number of rotatable bonds is 6. The van der Waals surface area contributed by atoms with E-state index in [2.05, 4.69) is 205 Å². The molecule has 4 heteroatoms. The average molecular weight is 733 g/mol. The normalized spacial score (nSPS) is 15.5. The lowest BCUT2D eigenvalue weighted by atomic mass is 9.89. The van der Waals surface area contributed by atoms with Crippen molar-refractivity contribution in [3.05, 3.63) is 217 Å². The number of nitrogens with two attached hydrogens (primary N) is 1. The van der Waals surface area contributed by atoms with Crippen LogP contribution in [0.2, 0.25) is 0 Å². The highest BCUT2D eigenvalue weighted by Gasteiger charge is 2.31. The Morgan fingerprint density at radius 3 is 1.89 bits per heavy atom. The predicted molar refractivity (Wildman–Crippen MR) is 235 cm³/mol. The van der Waals surface area contributed by atoms with Gasteiger partial charge in [-0.2, -0.15) is 0 Å². The summed E-state index contributed by atoms with van der Waals surface area (Å²) in [5, 5.41) is 13.3. The van der Waals surface area contributed by atoms with Crippen LogP contribution in [0.4, 0.5) is 0 Å². The summed E-state index contributed by atoms with van der Waals surface area (Å²) in [6, 6.07) is 71.6. The first-order valence-corrected chi connectivity index (χ1v) is 19.6. The van der Waals surface area contributed by atoms with Gasteiger partial charge in [0.1, 0.15) is 17.0 Å². The number of amidine groups is 1. The zero-order valence-corrected chi connectivity index (χ0v) is 31.1. The molecule has 10 aromatic rings. The molecule has 57 heavy (non-hydrogen) atoms. The highest BCUT2D eigenvalue weighted by atomic mass is 16.3. The lowest BCUT2D eigenvalue weighted by molar-refractivity contribution is -0.739. The molecule has 0 spiro atoms. The summed E-state index contributed by atoms with van der Waals surface area (Å²) in [7, 11) is 0. The van der Waals surface area contributed by atoms with Crippen LogP contribution in [0.25, 0.3) is 76.9 Å². The Kier molecular flexibility index (Phi) is 8.01. The molecule has 1 aliphatic rings. The van der Waals surface area contributed by atoms with Crippen LogP contribution in [0.1, 0.15) is 29.0 Å². The van der Waals surface area contributed by atoms with Crippen molar-refractivity contribution in [2.24, 2.45) is 4.99 Å². The maximum Gasteiger partial charge on any atom is 0.209 e. The van der Waals surface area contributed by atoms with Gasteiger partial charge in [0.25, 0.3) is 0 Å². The molecule has 1 aromatic heterocycles. The molecule has 0 fully saturated rings. The van der Waals surface area contributed by atoms with E-state index in [0.29, 0.717) is 0 Å². The topological polar surface area (TPSA) is 54.1 Å². The molecular formula is C53H38N3O+. The van der Waals surface area contributed by atoms with E-state index in [0.717, 1.165) is 44.5 Å². The second-order valence-corrected chi connectivity index (χ2v) is 14.9. The molecule has 2 heterocycles. The van der Waals surface area contributed by atoms with E-state index in [4.69, 9.17) is 9.41 Å². The van der Waals surface area contributed by atoms with Gasteiger partial charge in [0.05, 0.1) is 0 Å². The Labute approximate surface area is 330 Å². The van der Waals surface area contributed by atoms with Crippen LogP contribution < -0.4 is 10.6 Å². The molecule has 11 rings (SSSR count). The van der Waals surface area contributed by atoms with Gasteiger partial charge in [-0.1, -0.05) is 170 Å². The van der Waals surface area contributed by atoms with Crippen molar-refractivity contribution in [3.63, 3.8) is 0 Å². The molecule has 270 valence electrons. The number of furan rings is 1. The smallest absolute Gasteiger partial charge is 0.209 e. The third kappa shape index (κ3) is 5.95. The van der Waals surface area contributed by atoms with Crippen LogP contribution in [0, 0.1) is 0 Å². The van der Waals surface area contributed by atoms with Gasteiger partial charge in [-0.15, -0.1) is 0 Å². The number of aliphatic imine (C=N–C) groups is 1. The molecule has 0 saturated carbocycles. The van der Waals surface area contributed by atoms with Crippen LogP contribution in [-0.2, 0) is 0 Å². The largest absolute Gasteiger partial charge is 0.456 e. The minimum Gasteiger partial charge on any atom is -0.456 e. The van der Waals surface area contributed by atoms with Crippen LogP contribution >= 0.6 is 0 Å². The zero-order valence-electron chi connectivity index (χ0n) is 31.1. The molecule has 2 atom stereocenters. The predicted octanol–water partition coefficient (Wildman–Crippen LogP) is 12.2. The van der Waals surface area contributed by atoms with Crippen molar-refractivity contribution in [1.29, 1.82) is 0 Å². The number of para-hydroxylation sites is 1. The van der Waals surface area contributed by atoms with E-state index in [1.165, 1.54) is 54.9 Å². The van der Waals surface area contributed by atoms with E-state index in [1.807, 2.05) is 6.07 Å². The minimum absolute atomic E-state index is 0.0936. The Morgan fingerprint density at radius 1 is 0.421 bits per heavy atom. The second-order valence-electron chi connectivity index (χ2n) is 14.9. The second kappa shape index (κ2) is 13.8. The van der Waals surface area contributed by atoms with E-state index in [-0.39, 0.29) is 12.3 Å². The minimum atomic E-state index is -0.248. The standard InChI is InChI=1S/C53H37N3O/c1-3-15-35(16-4-1)42-28-29-45(44-23-10-9-22-43(42)44)47-32-41(33-49-50(47)46-24-11-12-25-48(46)57-49)53-55-51(36-17-5-2-6-18-36)54-52(56-53)40-21-13-20-38(31-40)39-27-26-34-14-7-8-19-37(34)30-39/h1-33,52-53,56H,(H,54,55)/p+1. The summed E-state index contributed by atoms with van der Waals surface area (Å²) >= 11 is 0. The molecule has 0 aliphatic carbocycles. The molecule has 0 saturated heterocycles. The van der Waals surface area contributed by atoms with Crippen molar-refractivity contribution in [2.45, 2.75) is 12.3 Å². The van der Waals surface area contributed by atoms with Crippen LogP contribution in [0.3, 0.4) is 0 Å². The van der Waals surface area contributed by atoms with Crippen molar-refractivity contribution in [3.8, 4) is 33.4 Å². The monoisotopic (exact) mass is 732 g/mol. The van der Waals surface area contributed by atoms with E-state index in [1.54, 1.807) is 0 Å². The maximum absolute atomic E-state index is 6.69. The van der Waals surface area contributed by atoms with Crippen LogP contribution in [0.5, 0.6) is 0 Å². The van der Waals surface area contributed by atoms with E-state index in [9.17, 15) is 0 Å². The fraction of sp³-hybridized carbons (Fsp3) is 0.0377. The highest BCUT2D eigenvalue weighted by Crippen LogP contribution is 2.43. The molecular weight excluding hydrogens is 695 g/mol. The lowest BCUT2D eigenvalue weighted by Gasteiger charge is -2.29. The van der Waals surface area contributed by atoms with E-state index >= 15 is 0 Å². The first kappa shape index (κ1) is 33.1. The molecule has 0 amide bonds. The van der Waals surface area contributed by atoms with E-state index < -0.39 is 0 Å². The van der Waals surface area contributed by atoms with Crippen molar-refractivity contribution in [1.82, 2.24) is 5.32 Å². The van der Waals surface area contributed by atoms with Gasteiger partial charge in [-0.3, -0.25) is 5.32 Å². The summed E-state index contributed by atoms with van der Waals surface area (Å²) < 4.78 is 6.69. The van der Waals surface area contributed by atoms with Gasteiger partial charge >= 0.3 is 0 Å². The Bertz CT molecular complexity index is 3150. The fourth-order valence-corrected chi connectivity index (χ4v) is 8.67. The number of nitrogens with zero attached hydrogens (tertiary/aromatic N) is 1. The van der Waals surface area contributed by atoms with Crippen LogP contribution in [-0.4, -0.2) is 5.84 Å². The number of fused-ring (bicyclic) bond motifs is 5. The molecule has 4 nitrogen and oxygen atoms in total. The van der Waals surface area contributed by atoms with Gasteiger partial charge in [0.2, 0.25) is 6.17 Å². The highest BCUT2D eigenvalue weighted by molar-refractivity contribution is 6.16. The number of benzene rings is 9. The number of quaternary nitrogens is 1. The lowest BCUT2D eigenvalue weighted by Crippen LogP contribution is -2.90. The van der Waals surface area contributed by atoms with Crippen molar-refractivity contribution < 1.29 is 9.73 Å².